The Balaban J connectivity index is 2.04. The minimum absolute atomic E-state index is 0.0555. The van der Waals surface area contributed by atoms with E-state index in [-0.39, 0.29) is 16.2 Å². The lowest BCUT2D eigenvalue weighted by atomic mass is 9.78. The van der Waals surface area contributed by atoms with E-state index in [2.05, 4.69) is 104 Å². The predicted octanol–water partition coefficient (Wildman–Crippen LogP) is 8.91. The summed E-state index contributed by atoms with van der Waals surface area (Å²) in [4.78, 5) is 0. The summed E-state index contributed by atoms with van der Waals surface area (Å²) in [6, 6.07) is 20.3. The van der Waals surface area contributed by atoms with Gasteiger partial charge in [-0.15, -0.1) is 0 Å². The lowest BCUT2D eigenvalue weighted by Gasteiger charge is -2.27. The van der Waals surface area contributed by atoms with Gasteiger partial charge in [0.2, 0.25) is 0 Å². The maximum absolute atomic E-state index is 6.39. The van der Waals surface area contributed by atoms with Crippen LogP contribution in [0.2, 0.25) is 5.02 Å². The highest BCUT2D eigenvalue weighted by atomic mass is 35.5. The first-order valence-electron chi connectivity index (χ1n) is 10.9. The molecule has 0 N–H and O–H groups in total. The first-order valence-corrected chi connectivity index (χ1v) is 11.3. The molecule has 0 bridgehead atoms. The summed E-state index contributed by atoms with van der Waals surface area (Å²) in [6.07, 6.45) is 0. The average Bonchev–Trinajstić information content (AvgIpc) is 2.87. The average molecular weight is 417 g/mol. The fourth-order valence-corrected chi connectivity index (χ4v) is 4.82. The van der Waals surface area contributed by atoms with E-state index >= 15 is 0 Å². The first kappa shape index (κ1) is 21.2. The Labute approximate surface area is 187 Å². The molecule has 1 heteroatoms. The molecule has 0 aromatic heterocycles. The minimum atomic E-state index is -0.0555. The lowest BCUT2D eigenvalue weighted by molar-refractivity contribution is 0.569. The summed E-state index contributed by atoms with van der Waals surface area (Å²) in [5.74, 6) is 0. The SMILES string of the molecule is CC(C)(C)c1cc(-c2cccc3c2-c2ccc(Cl)cc2C3(C)C)cc(C(C)(C)C)c1. The summed E-state index contributed by atoms with van der Waals surface area (Å²) in [6.45, 7) is 18.4. The molecule has 156 valence electrons. The molecule has 0 amide bonds. The molecule has 0 aliphatic heterocycles. The normalized spacial score (nSPS) is 15.1. The quantitative estimate of drug-likeness (QED) is 0.371. The standard InChI is InChI=1S/C29H33Cl/c1-27(2,3)19-14-18(15-20(16-19)28(4,5)6)22-10-9-11-24-26(22)23-13-12-21(30)17-25(23)29(24,7)8/h9-17H,1-8H3. The second kappa shape index (κ2) is 6.72. The van der Waals surface area contributed by atoms with Crippen molar-refractivity contribution in [2.24, 2.45) is 0 Å². The molecule has 0 saturated heterocycles. The molecule has 30 heavy (non-hydrogen) atoms. The van der Waals surface area contributed by atoms with Crippen LogP contribution in [0.15, 0.2) is 54.6 Å². The van der Waals surface area contributed by atoms with Gasteiger partial charge in [-0.3, -0.25) is 0 Å². The molecule has 4 rings (SSSR count). The Hall–Kier alpha value is -2.05. The van der Waals surface area contributed by atoms with E-state index in [0.717, 1.165) is 5.02 Å². The van der Waals surface area contributed by atoms with Gasteiger partial charge in [-0.1, -0.05) is 109 Å². The number of hydrogen-bond donors (Lipinski definition) is 0. The van der Waals surface area contributed by atoms with Gasteiger partial charge < -0.3 is 0 Å². The van der Waals surface area contributed by atoms with Gasteiger partial charge in [0.1, 0.15) is 0 Å². The number of fused-ring (bicyclic) bond motifs is 3. The van der Waals surface area contributed by atoms with E-state index in [4.69, 9.17) is 11.6 Å². The molecular weight excluding hydrogens is 384 g/mol. The Morgan fingerprint density at radius 1 is 0.667 bits per heavy atom. The third-order valence-electron chi connectivity index (χ3n) is 6.64. The Bertz CT molecular complexity index is 1100. The van der Waals surface area contributed by atoms with E-state index < -0.39 is 0 Å². The summed E-state index contributed by atoms with van der Waals surface area (Å²) < 4.78 is 0. The molecule has 0 spiro atoms. The molecule has 0 nitrogen and oxygen atoms in total. The number of hydrogen-bond acceptors (Lipinski definition) is 0. The lowest BCUT2D eigenvalue weighted by Crippen LogP contribution is -2.16. The van der Waals surface area contributed by atoms with Crippen LogP contribution >= 0.6 is 11.6 Å². The van der Waals surface area contributed by atoms with Crippen LogP contribution in [0.1, 0.15) is 77.6 Å². The molecule has 0 saturated carbocycles. The van der Waals surface area contributed by atoms with Crippen LogP contribution in [0, 0.1) is 0 Å². The van der Waals surface area contributed by atoms with Gasteiger partial charge in [0.05, 0.1) is 0 Å². The Morgan fingerprint density at radius 3 is 1.83 bits per heavy atom. The van der Waals surface area contributed by atoms with Crippen molar-refractivity contribution in [1.82, 2.24) is 0 Å². The highest BCUT2D eigenvalue weighted by molar-refractivity contribution is 6.30. The summed E-state index contributed by atoms with van der Waals surface area (Å²) in [5, 5.41) is 0.806. The fraction of sp³-hybridized carbons (Fsp3) is 0.379. The highest BCUT2D eigenvalue weighted by Crippen LogP contribution is 2.53. The van der Waals surface area contributed by atoms with Gasteiger partial charge in [0.15, 0.2) is 0 Å². The van der Waals surface area contributed by atoms with E-state index in [1.807, 2.05) is 6.07 Å². The molecule has 1 aliphatic rings. The van der Waals surface area contributed by atoms with Gasteiger partial charge in [-0.25, -0.2) is 0 Å². The van der Waals surface area contributed by atoms with E-state index in [0.29, 0.717) is 0 Å². The van der Waals surface area contributed by atoms with Crippen LogP contribution in [-0.4, -0.2) is 0 Å². The third kappa shape index (κ3) is 3.40. The van der Waals surface area contributed by atoms with Crippen LogP contribution in [0.4, 0.5) is 0 Å². The van der Waals surface area contributed by atoms with Crippen molar-refractivity contribution in [2.45, 2.75) is 71.6 Å². The third-order valence-corrected chi connectivity index (χ3v) is 6.87. The number of rotatable bonds is 1. The second-order valence-electron chi connectivity index (χ2n) is 11.3. The number of benzene rings is 3. The van der Waals surface area contributed by atoms with Crippen LogP contribution < -0.4 is 0 Å². The second-order valence-corrected chi connectivity index (χ2v) is 11.8. The van der Waals surface area contributed by atoms with Crippen molar-refractivity contribution in [1.29, 1.82) is 0 Å². The van der Waals surface area contributed by atoms with Crippen LogP contribution in [-0.2, 0) is 16.2 Å². The monoisotopic (exact) mass is 416 g/mol. The Kier molecular flexibility index (Phi) is 4.75. The van der Waals surface area contributed by atoms with Gasteiger partial charge in [-0.05, 0) is 67.5 Å². The molecule has 3 aromatic carbocycles. The maximum Gasteiger partial charge on any atom is 0.0409 e. The zero-order valence-electron chi connectivity index (χ0n) is 19.6. The van der Waals surface area contributed by atoms with Gasteiger partial charge in [-0.2, -0.15) is 0 Å². The van der Waals surface area contributed by atoms with Gasteiger partial charge >= 0.3 is 0 Å². The van der Waals surface area contributed by atoms with Crippen molar-refractivity contribution < 1.29 is 0 Å². The fourth-order valence-electron chi connectivity index (χ4n) is 4.65. The molecule has 0 unspecified atom stereocenters. The highest BCUT2D eigenvalue weighted by Gasteiger charge is 2.37. The molecule has 0 fully saturated rings. The van der Waals surface area contributed by atoms with E-state index in [9.17, 15) is 0 Å². The summed E-state index contributed by atoms with van der Waals surface area (Å²) in [5.41, 5.74) is 10.9. The van der Waals surface area contributed by atoms with Crippen LogP contribution in [0.5, 0.6) is 0 Å². The summed E-state index contributed by atoms with van der Waals surface area (Å²) in [7, 11) is 0. The minimum Gasteiger partial charge on any atom is -0.0843 e. The molecule has 0 heterocycles. The smallest absolute Gasteiger partial charge is 0.0409 e. The van der Waals surface area contributed by atoms with Crippen LogP contribution in [0.3, 0.4) is 0 Å². The molecule has 1 aliphatic carbocycles. The van der Waals surface area contributed by atoms with Crippen molar-refractivity contribution >= 4 is 11.6 Å². The topological polar surface area (TPSA) is 0 Å². The first-order chi connectivity index (χ1) is 13.8. The summed E-state index contributed by atoms with van der Waals surface area (Å²) >= 11 is 6.39. The van der Waals surface area contributed by atoms with Crippen molar-refractivity contribution in [3.05, 3.63) is 81.9 Å². The molecule has 0 radical (unpaired) electrons. The van der Waals surface area contributed by atoms with Gasteiger partial charge in [0.25, 0.3) is 0 Å². The number of halogens is 1. The van der Waals surface area contributed by atoms with Crippen LogP contribution in [0.25, 0.3) is 22.3 Å². The predicted molar refractivity (Wildman–Crippen MR) is 132 cm³/mol. The molecule has 3 aromatic rings. The molecule has 0 atom stereocenters. The van der Waals surface area contributed by atoms with Gasteiger partial charge in [0, 0.05) is 10.4 Å². The van der Waals surface area contributed by atoms with Crippen molar-refractivity contribution in [3.8, 4) is 22.3 Å². The Morgan fingerprint density at radius 2 is 1.27 bits per heavy atom. The molecular formula is C29H33Cl. The van der Waals surface area contributed by atoms with E-state index in [1.54, 1.807) is 0 Å². The largest absolute Gasteiger partial charge is 0.0843 e. The zero-order chi connectivity index (χ0) is 22.1. The maximum atomic E-state index is 6.39. The van der Waals surface area contributed by atoms with Crippen molar-refractivity contribution in [2.75, 3.05) is 0 Å². The zero-order valence-corrected chi connectivity index (χ0v) is 20.3. The van der Waals surface area contributed by atoms with Crippen molar-refractivity contribution in [3.63, 3.8) is 0 Å². The van der Waals surface area contributed by atoms with E-state index in [1.165, 1.54) is 44.5 Å².